The quantitative estimate of drug-likeness (QED) is 0.144. The van der Waals surface area contributed by atoms with Crippen molar-refractivity contribution >= 4 is 99.5 Å². The van der Waals surface area contributed by atoms with Gasteiger partial charge in [-0.2, -0.15) is 0 Å². The van der Waals surface area contributed by atoms with Gasteiger partial charge in [-0.1, -0.05) is 78.9 Å². The van der Waals surface area contributed by atoms with Crippen LogP contribution in [0.3, 0.4) is 0 Å². The number of benzene rings is 10. The van der Waals surface area contributed by atoms with Gasteiger partial charge in [-0.3, -0.25) is 0 Å². The van der Waals surface area contributed by atoms with E-state index in [4.69, 9.17) is 0 Å². The van der Waals surface area contributed by atoms with Gasteiger partial charge < -0.3 is 23.5 Å². The lowest BCUT2D eigenvalue weighted by molar-refractivity contribution is 0.627. The van der Waals surface area contributed by atoms with Crippen LogP contribution in [0.4, 0.5) is 42.9 Å². The number of anilines is 6. The summed E-state index contributed by atoms with van der Waals surface area (Å²) in [6, 6.07) is 90.0. The van der Waals surface area contributed by atoms with Crippen LogP contribution in [0.5, 0.6) is 0 Å². The number of fused-ring (bicyclic) bond motifs is 9. The molecule has 3 heterocycles. The number of rotatable bonds is 9. The van der Waals surface area contributed by atoms with Gasteiger partial charge in [0.25, 0.3) is 0 Å². The maximum absolute atomic E-state index is 14.8. The van der Waals surface area contributed by atoms with Crippen molar-refractivity contribution in [3.63, 3.8) is 0 Å². The molecule has 5 nitrogen and oxygen atoms in total. The minimum atomic E-state index is -0.308. The molecule has 0 amide bonds. The van der Waals surface area contributed by atoms with Gasteiger partial charge in [0.05, 0.1) is 27.6 Å². The molecule has 0 aliphatic rings. The normalized spacial score (nSPS) is 11.6. The molecular formula is C66H41F2N5. The fourth-order valence-electron chi connectivity index (χ4n) is 11.0. The second kappa shape index (κ2) is 16.9. The number of aromatic nitrogens is 3. The van der Waals surface area contributed by atoms with Crippen LogP contribution in [0.15, 0.2) is 249 Å². The minimum absolute atomic E-state index is 0.303. The molecule has 14 rings (SSSR count). The van der Waals surface area contributed by atoms with Gasteiger partial charge in [0.2, 0.25) is 0 Å². The fourth-order valence-corrected chi connectivity index (χ4v) is 11.0. The lowest BCUT2D eigenvalue weighted by atomic mass is 10.1. The van der Waals surface area contributed by atoms with E-state index in [0.29, 0.717) is 0 Å². The predicted octanol–water partition coefficient (Wildman–Crippen LogP) is 17.8. The Hall–Kier alpha value is -9.90. The molecule has 14 aromatic rings. The Labute approximate surface area is 419 Å². The summed E-state index contributed by atoms with van der Waals surface area (Å²) < 4.78 is 36.4. The zero-order chi connectivity index (χ0) is 48.6. The van der Waals surface area contributed by atoms with Gasteiger partial charge in [0, 0.05) is 83.5 Å². The largest absolute Gasteiger partial charge is 0.310 e. The lowest BCUT2D eigenvalue weighted by Crippen LogP contribution is -2.10. The van der Waals surface area contributed by atoms with E-state index in [2.05, 4.69) is 199 Å². The first-order chi connectivity index (χ1) is 36.0. The summed E-state index contributed by atoms with van der Waals surface area (Å²) >= 11 is 0. The second-order valence-corrected chi connectivity index (χ2v) is 18.3. The van der Waals surface area contributed by atoms with Crippen molar-refractivity contribution in [2.75, 3.05) is 9.80 Å². The monoisotopic (exact) mass is 941 g/mol. The summed E-state index contributed by atoms with van der Waals surface area (Å²) in [5.41, 5.74) is 14.7. The Balaban J connectivity index is 0.985. The molecule has 11 aromatic carbocycles. The van der Waals surface area contributed by atoms with Gasteiger partial charge in [0.1, 0.15) is 17.2 Å². The van der Waals surface area contributed by atoms with Crippen molar-refractivity contribution in [2.45, 2.75) is 0 Å². The molecule has 0 spiro atoms. The molecule has 0 atom stereocenters. The maximum Gasteiger partial charge on any atom is 0.123 e. The number of para-hydroxylation sites is 4. The van der Waals surface area contributed by atoms with Gasteiger partial charge in [-0.25, -0.2) is 8.78 Å². The standard InChI is InChI=1S/C66H41F2N5/c67-44-24-28-49(29-25-44)69(51-32-36-63-57(40-51)55-20-10-12-22-61(55)71(63)46-14-4-1-5-15-46)53-34-38-65-59(42-53)60-43-54(35-39-66(60)73(65)48-18-8-3-9-19-48)70(50-30-26-45(68)27-31-50)52-33-37-64-58(41-52)56-21-11-13-23-62(56)72(64)47-16-6-2-7-17-47/h1-12,14-22,24-43H. The molecule has 0 N–H and O–H groups in total. The van der Waals surface area contributed by atoms with E-state index >= 15 is 0 Å². The van der Waals surface area contributed by atoms with Crippen molar-refractivity contribution in [1.82, 2.24) is 13.7 Å². The van der Waals surface area contributed by atoms with Gasteiger partial charge in [-0.05, 0) is 182 Å². The van der Waals surface area contributed by atoms with E-state index < -0.39 is 0 Å². The highest BCUT2D eigenvalue weighted by Crippen LogP contribution is 2.45. The van der Waals surface area contributed by atoms with Gasteiger partial charge >= 0.3 is 0 Å². The van der Waals surface area contributed by atoms with Crippen LogP contribution < -0.4 is 9.80 Å². The second-order valence-electron chi connectivity index (χ2n) is 18.3. The predicted molar refractivity (Wildman–Crippen MR) is 296 cm³/mol. The molecule has 0 radical (unpaired) electrons. The molecule has 0 aliphatic heterocycles. The topological polar surface area (TPSA) is 21.3 Å². The molecular weight excluding hydrogens is 901 g/mol. The smallest absolute Gasteiger partial charge is 0.123 e. The summed E-state index contributed by atoms with van der Waals surface area (Å²) in [6.45, 7) is 0. The third-order valence-corrected chi connectivity index (χ3v) is 14.1. The van der Waals surface area contributed by atoms with Crippen molar-refractivity contribution in [3.05, 3.63) is 272 Å². The Kier molecular flexibility index (Phi) is 9.73. The first-order valence-corrected chi connectivity index (χ1v) is 24.3. The van der Waals surface area contributed by atoms with Crippen LogP contribution in [0.25, 0.3) is 82.5 Å². The molecule has 344 valence electrons. The minimum Gasteiger partial charge on any atom is -0.310 e. The third-order valence-electron chi connectivity index (χ3n) is 14.1. The molecule has 73 heavy (non-hydrogen) atoms. The fraction of sp³-hybridized carbons (Fsp3) is 0. The summed E-state index contributed by atoms with van der Waals surface area (Å²) in [6.07, 6.45) is 0. The Morgan fingerprint density at radius 3 is 1.08 bits per heavy atom. The van der Waals surface area contributed by atoms with E-state index in [9.17, 15) is 8.78 Å². The van der Waals surface area contributed by atoms with E-state index in [-0.39, 0.29) is 11.6 Å². The van der Waals surface area contributed by atoms with E-state index in [0.717, 1.165) is 117 Å². The van der Waals surface area contributed by atoms with Crippen molar-refractivity contribution in [1.29, 1.82) is 0 Å². The molecule has 0 fully saturated rings. The molecule has 0 aliphatic carbocycles. The first-order valence-electron chi connectivity index (χ1n) is 24.3. The summed E-state index contributed by atoms with van der Waals surface area (Å²) in [4.78, 5) is 4.41. The maximum atomic E-state index is 14.8. The number of nitrogens with zero attached hydrogens (tertiary/aromatic N) is 5. The molecule has 3 aromatic heterocycles. The number of hydrogen-bond acceptors (Lipinski definition) is 2. The van der Waals surface area contributed by atoms with E-state index in [1.807, 2.05) is 60.7 Å². The van der Waals surface area contributed by atoms with Crippen molar-refractivity contribution in [2.24, 2.45) is 0 Å². The SMILES string of the molecule is Fc1ccc(N(c2ccc3c(c2)c2ccc#cc2n3-c2ccccc2)c2ccc3c(c2)c2cc(N(c4ccc(F)cc4)c4ccc5c(c4)c4ccccc4n5-c4ccccc4)ccc2n3-c2ccccc2)cc1. The molecule has 0 saturated carbocycles. The molecule has 0 unspecified atom stereocenters. The number of hydrogen-bond donors (Lipinski definition) is 0. The van der Waals surface area contributed by atoms with Gasteiger partial charge in [0.15, 0.2) is 0 Å². The van der Waals surface area contributed by atoms with Crippen LogP contribution in [0.1, 0.15) is 0 Å². The number of halogens is 2. The zero-order valence-corrected chi connectivity index (χ0v) is 39.2. The van der Waals surface area contributed by atoms with Crippen molar-refractivity contribution in [3.8, 4) is 17.1 Å². The highest BCUT2D eigenvalue weighted by molar-refractivity contribution is 6.14. The van der Waals surface area contributed by atoms with Crippen LogP contribution in [-0.2, 0) is 0 Å². The molecule has 0 saturated heterocycles. The summed E-state index contributed by atoms with van der Waals surface area (Å²) in [5, 5.41) is 6.41. The Morgan fingerprint density at radius 1 is 0.288 bits per heavy atom. The van der Waals surface area contributed by atoms with Crippen LogP contribution >= 0.6 is 0 Å². The molecule has 0 bridgehead atoms. The zero-order valence-electron chi connectivity index (χ0n) is 39.2. The van der Waals surface area contributed by atoms with Crippen molar-refractivity contribution < 1.29 is 8.78 Å². The van der Waals surface area contributed by atoms with E-state index in [1.54, 1.807) is 0 Å². The third kappa shape index (κ3) is 6.92. The average Bonchev–Trinajstić information content (AvgIpc) is 4.08. The highest BCUT2D eigenvalue weighted by Gasteiger charge is 2.23. The van der Waals surface area contributed by atoms with Crippen LogP contribution in [-0.4, -0.2) is 13.7 Å². The Bertz CT molecular complexity index is 4120. The van der Waals surface area contributed by atoms with E-state index in [1.165, 1.54) is 24.3 Å². The average molecular weight is 942 g/mol. The van der Waals surface area contributed by atoms with Crippen LogP contribution in [0, 0.1) is 23.8 Å². The van der Waals surface area contributed by atoms with Gasteiger partial charge in [-0.15, -0.1) is 0 Å². The first kappa shape index (κ1) is 42.0. The lowest BCUT2D eigenvalue weighted by Gasteiger charge is -2.26. The highest BCUT2D eigenvalue weighted by atomic mass is 19.1. The van der Waals surface area contributed by atoms with Crippen LogP contribution in [0.2, 0.25) is 0 Å². The molecule has 7 heteroatoms. The summed E-state index contributed by atoms with van der Waals surface area (Å²) in [5.74, 6) is -0.611. The summed E-state index contributed by atoms with van der Waals surface area (Å²) in [7, 11) is 0. The Morgan fingerprint density at radius 2 is 0.630 bits per heavy atom.